The Morgan fingerprint density at radius 2 is 2.37 bits per heavy atom. The van der Waals surface area contributed by atoms with Gasteiger partial charge in [0.15, 0.2) is 0 Å². The van der Waals surface area contributed by atoms with Crippen molar-refractivity contribution in [1.29, 1.82) is 0 Å². The van der Waals surface area contributed by atoms with Gasteiger partial charge in [-0.2, -0.15) is 0 Å². The lowest BCUT2D eigenvalue weighted by molar-refractivity contribution is -0.144. The van der Waals surface area contributed by atoms with Crippen molar-refractivity contribution < 1.29 is 9.53 Å². The summed E-state index contributed by atoms with van der Waals surface area (Å²) in [6.07, 6.45) is -0.417. The number of nitrogens with one attached hydrogen (secondary N) is 1. The highest BCUT2D eigenvalue weighted by Gasteiger charge is 2.30. The van der Waals surface area contributed by atoms with Crippen molar-refractivity contribution in [2.24, 2.45) is 0 Å². The van der Waals surface area contributed by atoms with Gasteiger partial charge >= 0.3 is 0 Å². The van der Waals surface area contributed by atoms with Crippen LogP contribution in [0.1, 0.15) is 18.5 Å². The molecule has 0 spiro atoms. The van der Waals surface area contributed by atoms with E-state index in [2.05, 4.69) is 5.32 Å². The third kappa shape index (κ3) is 3.26. The van der Waals surface area contributed by atoms with Crippen molar-refractivity contribution in [3.05, 3.63) is 34.9 Å². The molecule has 0 aliphatic carbocycles. The van der Waals surface area contributed by atoms with Crippen LogP contribution in [0.2, 0.25) is 5.02 Å². The minimum absolute atomic E-state index is 0.0116. The summed E-state index contributed by atoms with van der Waals surface area (Å²) < 4.78 is 5.14. The van der Waals surface area contributed by atoms with Crippen LogP contribution in [0.5, 0.6) is 0 Å². The van der Waals surface area contributed by atoms with Crippen LogP contribution in [0.4, 0.5) is 0 Å². The van der Waals surface area contributed by atoms with Gasteiger partial charge in [0.2, 0.25) is 0 Å². The molecular weight excluding hydrogens is 264 g/mol. The molecular formula is C14H19ClN2O2. The molecule has 104 valence electrons. The molecule has 0 aromatic heterocycles. The van der Waals surface area contributed by atoms with Gasteiger partial charge in [0.1, 0.15) is 6.10 Å². The number of amides is 1. The van der Waals surface area contributed by atoms with Crippen LogP contribution in [0.15, 0.2) is 24.3 Å². The minimum Gasteiger partial charge on any atom is -0.372 e. The number of ether oxygens (including phenoxy) is 1. The normalized spacial score (nSPS) is 21.2. The first-order chi connectivity index (χ1) is 9.13. The van der Waals surface area contributed by atoms with E-state index < -0.39 is 6.10 Å². The number of piperazine rings is 1. The van der Waals surface area contributed by atoms with E-state index in [0.29, 0.717) is 11.6 Å². The van der Waals surface area contributed by atoms with Gasteiger partial charge in [-0.25, -0.2) is 0 Å². The number of carbonyl (C=O) groups excluding carboxylic acids is 1. The van der Waals surface area contributed by atoms with E-state index in [1.54, 1.807) is 14.0 Å². The van der Waals surface area contributed by atoms with E-state index in [9.17, 15) is 4.79 Å². The van der Waals surface area contributed by atoms with Gasteiger partial charge in [0, 0.05) is 31.8 Å². The zero-order valence-corrected chi connectivity index (χ0v) is 12.0. The largest absolute Gasteiger partial charge is 0.372 e. The summed E-state index contributed by atoms with van der Waals surface area (Å²) >= 11 is 6.03. The third-order valence-electron chi connectivity index (χ3n) is 3.46. The molecule has 1 saturated heterocycles. The molecule has 4 nitrogen and oxygen atoms in total. The Balaban J connectivity index is 2.23. The number of benzene rings is 1. The van der Waals surface area contributed by atoms with Crippen LogP contribution in [0.3, 0.4) is 0 Å². The van der Waals surface area contributed by atoms with Crippen molar-refractivity contribution in [3.8, 4) is 0 Å². The highest BCUT2D eigenvalue weighted by atomic mass is 35.5. The summed E-state index contributed by atoms with van der Waals surface area (Å²) in [5.74, 6) is 0.0222. The van der Waals surface area contributed by atoms with Crippen LogP contribution in [-0.2, 0) is 9.53 Å². The second kappa shape index (κ2) is 6.37. The van der Waals surface area contributed by atoms with Crippen molar-refractivity contribution in [2.75, 3.05) is 26.7 Å². The predicted molar refractivity (Wildman–Crippen MR) is 75.2 cm³/mol. The molecule has 1 heterocycles. The summed E-state index contributed by atoms with van der Waals surface area (Å²) in [7, 11) is 1.55. The summed E-state index contributed by atoms with van der Waals surface area (Å²) in [6.45, 7) is 4.00. The summed E-state index contributed by atoms with van der Waals surface area (Å²) in [6, 6.07) is 7.68. The highest BCUT2D eigenvalue weighted by molar-refractivity contribution is 6.30. The summed E-state index contributed by atoms with van der Waals surface area (Å²) in [5, 5.41) is 4.01. The number of carbonyl (C=O) groups is 1. The maximum atomic E-state index is 12.3. The van der Waals surface area contributed by atoms with E-state index in [1.165, 1.54) is 0 Å². The third-order valence-corrected chi connectivity index (χ3v) is 3.70. The van der Waals surface area contributed by atoms with Gasteiger partial charge in [-0.3, -0.25) is 4.79 Å². The Morgan fingerprint density at radius 1 is 1.58 bits per heavy atom. The van der Waals surface area contributed by atoms with Crippen LogP contribution in [0, 0.1) is 0 Å². The Hall–Kier alpha value is -1.10. The molecule has 1 aromatic rings. The molecule has 1 aliphatic heterocycles. The standard InChI is InChI=1S/C14H19ClN2O2/c1-10(19-2)14(18)17-7-6-16-9-13(17)11-4-3-5-12(15)8-11/h3-5,8,10,13,16H,6-7,9H2,1-2H3. The fourth-order valence-electron chi connectivity index (χ4n) is 2.31. The van der Waals surface area contributed by atoms with Crippen LogP contribution in [-0.4, -0.2) is 43.7 Å². The number of halogens is 1. The maximum absolute atomic E-state index is 12.3. The quantitative estimate of drug-likeness (QED) is 0.920. The molecule has 1 fully saturated rings. The average Bonchev–Trinajstić information content (AvgIpc) is 2.45. The SMILES string of the molecule is COC(C)C(=O)N1CCNCC1c1cccc(Cl)c1. The Labute approximate surface area is 118 Å². The second-order valence-corrected chi connectivity index (χ2v) is 5.12. The average molecular weight is 283 g/mol. The minimum atomic E-state index is -0.417. The monoisotopic (exact) mass is 282 g/mol. The molecule has 0 saturated carbocycles. The number of nitrogens with zero attached hydrogens (tertiary/aromatic N) is 1. The van der Waals surface area contributed by atoms with Crippen molar-refractivity contribution in [3.63, 3.8) is 0 Å². The van der Waals surface area contributed by atoms with Crippen LogP contribution >= 0.6 is 11.6 Å². The van der Waals surface area contributed by atoms with E-state index in [-0.39, 0.29) is 11.9 Å². The van der Waals surface area contributed by atoms with Gasteiger partial charge in [-0.15, -0.1) is 0 Å². The molecule has 1 N–H and O–H groups in total. The zero-order valence-electron chi connectivity index (χ0n) is 11.2. The van der Waals surface area contributed by atoms with Gasteiger partial charge in [-0.1, -0.05) is 23.7 Å². The molecule has 2 atom stereocenters. The fourth-order valence-corrected chi connectivity index (χ4v) is 2.51. The van der Waals surface area contributed by atoms with Gasteiger partial charge in [0.05, 0.1) is 6.04 Å². The number of hydrogen-bond donors (Lipinski definition) is 1. The Morgan fingerprint density at radius 3 is 3.05 bits per heavy atom. The zero-order chi connectivity index (χ0) is 13.8. The smallest absolute Gasteiger partial charge is 0.251 e. The predicted octanol–water partition coefficient (Wildman–Crippen LogP) is 1.85. The highest BCUT2D eigenvalue weighted by Crippen LogP contribution is 2.25. The molecule has 2 rings (SSSR count). The number of rotatable bonds is 3. The van der Waals surface area contributed by atoms with E-state index in [4.69, 9.17) is 16.3 Å². The molecule has 2 unspecified atom stereocenters. The molecule has 1 aliphatic rings. The van der Waals surface area contributed by atoms with Crippen molar-refractivity contribution in [2.45, 2.75) is 19.1 Å². The maximum Gasteiger partial charge on any atom is 0.251 e. The van der Waals surface area contributed by atoms with E-state index in [0.717, 1.165) is 18.7 Å². The van der Waals surface area contributed by atoms with Gasteiger partial charge < -0.3 is 15.0 Å². The van der Waals surface area contributed by atoms with Gasteiger partial charge in [0.25, 0.3) is 5.91 Å². The van der Waals surface area contributed by atoms with E-state index >= 15 is 0 Å². The summed E-state index contributed by atoms with van der Waals surface area (Å²) in [4.78, 5) is 14.2. The van der Waals surface area contributed by atoms with Gasteiger partial charge in [-0.05, 0) is 24.6 Å². The Bertz CT molecular complexity index is 453. The van der Waals surface area contributed by atoms with Crippen LogP contribution in [0.25, 0.3) is 0 Å². The second-order valence-electron chi connectivity index (χ2n) is 4.68. The first-order valence-electron chi connectivity index (χ1n) is 6.43. The lowest BCUT2D eigenvalue weighted by Crippen LogP contribution is -2.51. The molecule has 5 heteroatoms. The summed E-state index contributed by atoms with van der Waals surface area (Å²) in [5.41, 5.74) is 1.05. The lowest BCUT2D eigenvalue weighted by Gasteiger charge is -2.37. The first kappa shape index (κ1) is 14.3. The fraction of sp³-hybridized carbons (Fsp3) is 0.500. The van der Waals surface area contributed by atoms with Crippen molar-refractivity contribution >= 4 is 17.5 Å². The molecule has 1 aromatic carbocycles. The molecule has 19 heavy (non-hydrogen) atoms. The topological polar surface area (TPSA) is 41.6 Å². The Kier molecular flexibility index (Phi) is 4.80. The number of hydrogen-bond acceptors (Lipinski definition) is 3. The molecule has 0 radical (unpaired) electrons. The number of methoxy groups -OCH3 is 1. The first-order valence-corrected chi connectivity index (χ1v) is 6.80. The lowest BCUT2D eigenvalue weighted by atomic mass is 10.0. The van der Waals surface area contributed by atoms with E-state index in [1.807, 2.05) is 29.2 Å². The van der Waals surface area contributed by atoms with Crippen molar-refractivity contribution in [1.82, 2.24) is 10.2 Å². The molecule has 1 amide bonds. The van der Waals surface area contributed by atoms with Crippen LogP contribution < -0.4 is 5.32 Å². The molecule has 0 bridgehead atoms.